The van der Waals surface area contributed by atoms with Gasteiger partial charge in [-0.3, -0.25) is 4.79 Å². The Labute approximate surface area is 115 Å². The molecule has 0 bridgehead atoms. The molecular weight excluding hydrogens is 264 g/mol. The van der Waals surface area contributed by atoms with Crippen molar-refractivity contribution in [1.29, 1.82) is 0 Å². The lowest BCUT2D eigenvalue weighted by Crippen LogP contribution is -2.34. The van der Waals surface area contributed by atoms with Crippen molar-refractivity contribution in [3.05, 3.63) is 4.88 Å². The summed E-state index contributed by atoms with van der Waals surface area (Å²) in [6, 6.07) is 0.101. The second-order valence-corrected chi connectivity index (χ2v) is 5.92. The molecule has 1 aromatic heterocycles. The molecule has 0 aliphatic carbocycles. The number of amides is 1. The van der Waals surface area contributed by atoms with Crippen LogP contribution in [0, 0.1) is 0 Å². The number of aromatic nitrogens is 1. The minimum absolute atomic E-state index is 0.101. The highest BCUT2D eigenvalue weighted by atomic mass is 32.1. The van der Waals surface area contributed by atoms with Gasteiger partial charge in [-0.25, -0.2) is 4.98 Å². The lowest BCUT2D eigenvalue weighted by Gasteiger charge is -2.12. The molecular formula is C12H18N4O2S. The number of hydrogen-bond donors (Lipinski definition) is 2. The molecule has 1 atom stereocenters. The molecule has 6 nitrogen and oxygen atoms in total. The number of anilines is 2. The summed E-state index contributed by atoms with van der Waals surface area (Å²) in [6.45, 7) is 3.31. The van der Waals surface area contributed by atoms with Gasteiger partial charge in [-0.1, -0.05) is 11.3 Å². The second-order valence-electron chi connectivity index (χ2n) is 4.94. The van der Waals surface area contributed by atoms with Crippen molar-refractivity contribution in [3.8, 4) is 0 Å². The maximum Gasteiger partial charge on any atom is 0.265 e. The fourth-order valence-electron chi connectivity index (χ4n) is 2.43. The van der Waals surface area contributed by atoms with E-state index in [9.17, 15) is 4.79 Å². The standard InChI is InChI=1S/C12H18N4O2S/c13-10-9(11(17)14-8-3-6-18-7-8)19-12(15-10)16-4-1-2-5-16/h8H,1-7,13H2,(H,14,17). The number of carbonyl (C=O) groups is 1. The number of nitrogen functional groups attached to an aromatic ring is 1. The van der Waals surface area contributed by atoms with Gasteiger partial charge < -0.3 is 20.7 Å². The summed E-state index contributed by atoms with van der Waals surface area (Å²) >= 11 is 1.39. The monoisotopic (exact) mass is 282 g/mol. The molecule has 0 aromatic carbocycles. The van der Waals surface area contributed by atoms with Crippen molar-refractivity contribution in [2.24, 2.45) is 0 Å². The largest absolute Gasteiger partial charge is 0.382 e. The molecule has 1 unspecified atom stereocenters. The van der Waals surface area contributed by atoms with Crippen molar-refractivity contribution in [2.45, 2.75) is 25.3 Å². The van der Waals surface area contributed by atoms with Crippen molar-refractivity contribution in [1.82, 2.24) is 10.3 Å². The average molecular weight is 282 g/mol. The molecule has 1 aromatic rings. The van der Waals surface area contributed by atoms with E-state index in [1.165, 1.54) is 24.2 Å². The molecule has 2 aliphatic heterocycles. The number of thiazole rings is 1. The Morgan fingerprint density at radius 1 is 1.47 bits per heavy atom. The Hall–Kier alpha value is -1.34. The fourth-order valence-corrected chi connectivity index (χ4v) is 3.37. The molecule has 2 fully saturated rings. The first-order valence-corrected chi connectivity index (χ1v) is 7.45. The van der Waals surface area contributed by atoms with Crippen LogP contribution in [0.25, 0.3) is 0 Å². The number of carbonyl (C=O) groups excluding carboxylic acids is 1. The van der Waals surface area contributed by atoms with Crippen LogP contribution in [0.2, 0.25) is 0 Å². The van der Waals surface area contributed by atoms with Gasteiger partial charge in [0.1, 0.15) is 10.7 Å². The number of rotatable bonds is 3. The smallest absolute Gasteiger partial charge is 0.265 e. The minimum Gasteiger partial charge on any atom is -0.382 e. The third-order valence-electron chi connectivity index (χ3n) is 3.49. The Morgan fingerprint density at radius 2 is 2.26 bits per heavy atom. The van der Waals surface area contributed by atoms with E-state index in [0.29, 0.717) is 23.9 Å². The summed E-state index contributed by atoms with van der Waals surface area (Å²) in [5.41, 5.74) is 5.86. The van der Waals surface area contributed by atoms with Crippen LogP contribution in [0.15, 0.2) is 0 Å². The Kier molecular flexibility index (Phi) is 3.56. The molecule has 0 spiro atoms. The molecule has 2 aliphatic rings. The van der Waals surface area contributed by atoms with Crippen LogP contribution >= 0.6 is 11.3 Å². The highest BCUT2D eigenvalue weighted by Crippen LogP contribution is 2.30. The zero-order valence-electron chi connectivity index (χ0n) is 10.7. The summed E-state index contributed by atoms with van der Waals surface area (Å²) in [7, 11) is 0. The summed E-state index contributed by atoms with van der Waals surface area (Å²) in [6.07, 6.45) is 3.23. The van der Waals surface area contributed by atoms with E-state index < -0.39 is 0 Å². The number of ether oxygens (including phenoxy) is 1. The maximum absolute atomic E-state index is 12.2. The van der Waals surface area contributed by atoms with Gasteiger partial charge in [0.05, 0.1) is 12.6 Å². The third kappa shape index (κ3) is 2.66. The van der Waals surface area contributed by atoms with Gasteiger partial charge in [0.2, 0.25) is 0 Å². The van der Waals surface area contributed by atoms with E-state index in [2.05, 4.69) is 15.2 Å². The Balaban J connectivity index is 1.70. The molecule has 0 saturated carbocycles. The highest BCUT2D eigenvalue weighted by molar-refractivity contribution is 7.18. The van der Waals surface area contributed by atoms with Gasteiger partial charge in [0.15, 0.2) is 5.13 Å². The van der Waals surface area contributed by atoms with Crippen LogP contribution in [0.1, 0.15) is 28.9 Å². The predicted octanol–water partition coefficient (Wildman–Crippen LogP) is 0.844. The molecule has 19 heavy (non-hydrogen) atoms. The maximum atomic E-state index is 12.2. The predicted molar refractivity (Wildman–Crippen MR) is 74.7 cm³/mol. The van der Waals surface area contributed by atoms with Crippen molar-refractivity contribution < 1.29 is 9.53 Å². The van der Waals surface area contributed by atoms with E-state index in [-0.39, 0.29) is 11.9 Å². The molecule has 7 heteroatoms. The molecule has 0 radical (unpaired) electrons. The van der Waals surface area contributed by atoms with Gasteiger partial charge in [-0.15, -0.1) is 0 Å². The zero-order chi connectivity index (χ0) is 13.2. The summed E-state index contributed by atoms with van der Waals surface area (Å²) in [5.74, 6) is 0.208. The first kappa shape index (κ1) is 12.7. The van der Waals surface area contributed by atoms with Crippen LogP contribution in [0.3, 0.4) is 0 Å². The first-order valence-electron chi connectivity index (χ1n) is 6.64. The van der Waals surface area contributed by atoms with E-state index in [1.807, 2.05) is 0 Å². The Morgan fingerprint density at radius 3 is 2.95 bits per heavy atom. The summed E-state index contributed by atoms with van der Waals surface area (Å²) in [5, 5.41) is 3.81. The van der Waals surface area contributed by atoms with Crippen molar-refractivity contribution >= 4 is 28.2 Å². The Bertz CT molecular complexity index is 464. The van der Waals surface area contributed by atoms with Gasteiger partial charge in [-0.05, 0) is 19.3 Å². The van der Waals surface area contributed by atoms with E-state index in [4.69, 9.17) is 10.5 Å². The van der Waals surface area contributed by atoms with Gasteiger partial charge >= 0.3 is 0 Å². The zero-order valence-corrected chi connectivity index (χ0v) is 11.5. The fraction of sp³-hybridized carbons (Fsp3) is 0.667. The van der Waals surface area contributed by atoms with Gasteiger partial charge in [0, 0.05) is 19.7 Å². The number of hydrogen-bond acceptors (Lipinski definition) is 6. The van der Waals surface area contributed by atoms with Crippen molar-refractivity contribution in [3.63, 3.8) is 0 Å². The topological polar surface area (TPSA) is 80.5 Å². The van der Waals surface area contributed by atoms with Crippen LogP contribution < -0.4 is 16.0 Å². The summed E-state index contributed by atoms with van der Waals surface area (Å²) in [4.78, 5) is 19.2. The van der Waals surface area contributed by atoms with Gasteiger partial charge in [0.25, 0.3) is 5.91 Å². The third-order valence-corrected chi connectivity index (χ3v) is 4.62. The molecule has 3 heterocycles. The normalized spacial score (nSPS) is 22.9. The lowest BCUT2D eigenvalue weighted by atomic mass is 10.2. The lowest BCUT2D eigenvalue weighted by molar-refractivity contribution is 0.0934. The molecule has 3 rings (SSSR count). The van der Waals surface area contributed by atoms with Crippen LogP contribution in [-0.4, -0.2) is 43.2 Å². The summed E-state index contributed by atoms with van der Waals surface area (Å²) < 4.78 is 5.24. The van der Waals surface area contributed by atoms with E-state index >= 15 is 0 Å². The highest BCUT2D eigenvalue weighted by Gasteiger charge is 2.24. The molecule has 2 saturated heterocycles. The van der Waals surface area contributed by atoms with Gasteiger partial charge in [-0.2, -0.15) is 0 Å². The van der Waals surface area contributed by atoms with Crippen LogP contribution in [-0.2, 0) is 4.74 Å². The quantitative estimate of drug-likeness (QED) is 0.859. The van der Waals surface area contributed by atoms with E-state index in [1.54, 1.807) is 0 Å². The second kappa shape index (κ2) is 5.34. The first-order chi connectivity index (χ1) is 9.24. The molecule has 1 amide bonds. The number of nitrogens with zero attached hydrogens (tertiary/aromatic N) is 2. The molecule has 104 valence electrons. The minimum atomic E-state index is -0.129. The average Bonchev–Trinajstić information content (AvgIpc) is 3.07. The molecule has 3 N–H and O–H groups in total. The van der Waals surface area contributed by atoms with Crippen LogP contribution in [0.5, 0.6) is 0 Å². The van der Waals surface area contributed by atoms with Crippen LogP contribution in [0.4, 0.5) is 10.9 Å². The number of nitrogens with one attached hydrogen (secondary N) is 1. The van der Waals surface area contributed by atoms with Crippen molar-refractivity contribution in [2.75, 3.05) is 36.9 Å². The van der Waals surface area contributed by atoms with E-state index in [0.717, 1.165) is 24.6 Å². The number of nitrogens with two attached hydrogens (primary N) is 1. The SMILES string of the molecule is Nc1nc(N2CCCC2)sc1C(=O)NC1CCOC1.